The van der Waals surface area contributed by atoms with Gasteiger partial charge in [0.1, 0.15) is 13.2 Å². The summed E-state index contributed by atoms with van der Waals surface area (Å²) >= 11 is 1.37. The molecular weight excluding hydrogens is 448 g/mol. The van der Waals surface area contributed by atoms with Crippen molar-refractivity contribution in [3.63, 3.8) is 0 Å². The lowest BCUT2D eigenvalue weighted by molar-refractivity contribution is 0.103. The van der Waals surface area contributed by atoms with Crippen LogP contribution in [0.3, 0.4) is 0 Å². The molecule has 0 unspecified atom stereocenters. The Bertz CT molecular complexity index is 1230. The standard InChI is InChI=1S/C23H24N2O5S2/c1-15(2)25(3)32(27,28)18-7-5-17(6-8-18)24-23(26)22-11-10-21(31-22)16-4-9-19-20(14-16)30-13-12-29-19/h4-11,14-15H,12-13H2,1-3H3,(H,24,26). The van der Waals surface area contributed by atoms with Gasteiger partial charge in [0.15, 0.2) is 11.5 Å². The Balaban J connectivity index is 1.47. The third kappa shape index (κ3) is 4.50. The van der Waals surface area contributed by atoms with Gasteiger partial charge in [-0.05, 0) is 74.0 Å². The maximum absolute atomic E-state index is 12.7. The van der Waals surface area contributed by atoms with Crippen molar-refractivity contribution in [3.8, 4) is 21.9 Å². The van der Waals surface area contributed by atoms with Crippen LogP contribution in [-0.2, 0) is 10.0 Å². The van der Waals surface area contributed by atoms with E-state index in [0.29, 0.717) is 29.5 Å². The predicted molar refractivity (Wildman–Crippen MR) is 125 cm³/mol. The van der Waals surface area contributed by atoms with Crippen molar-refractivity contribution in [1.82, 2.24) is 4.31 Å². The second-order valence-corrected chi connectivity index (χ2v) is 10.7. The summed E-state index contributed by atoms with van der Waals surface area (Å²) in [5, 5.41) is 2.82. The highest BCUT2D eigenvalue weighted by molar-refractivity contribution is 7.89. The molecule has 0 saturated heterocycles. The number of rotatable bonds is 6. The highest BCUT2D eigenvalue weighted by atomic mass is 32.2. The fourth-order valence-electron chi connectivity index (χ4n) is 3.16. The number of anilines is 1. The lowest BCUT2D eigenvalue weighted by Gasteiger charge is -2.21. The minimum absolute atomic E-state index is 0.151. The van der Waals surface area contributed by atoms with Crippen molar-refractivity contribution in [3.05, 3.63) is 59.5 Å². The van der Waals surface area contributed by atoms with Crippen molar-refractivity contribution >= 4 is 33.0 Å². The average Bonchev–Trinajstić information content (AvgIpc) is 3.29. The number of sulfonamides is 1. The summed E-state index contributed by atoms with van der Waals surface area (Å²) in [5.74, 6) is 1.17. The molecule has 2 heterocycles. The van der Waals surface area contributed by atoms with Gasteiger partial charge in [-0.3, -0.25) is 4.79 Å². The van der Waals surface area contributed by atoms with E-state index in [1.54, 1.807) is 25.2 Å². The molecule has 0 fully saturated rings. The Morgan fingerprint density at radius 3 is 2.38 bits per heavy atom. The summed E-state index contributed by atoms with van der Waals surface area (Å²) in [6, 6.07) is 15.4. The van der Waals surface area contributed by atoms with Crippen LogP contribution in [0.2, 0.25) is 0 Å². The number of carbonyl (C=O) groups is 1. The van der Waals surface area contributed by atoms with E-state index in [1.807, 2.05) is 38.1 Å². The SMILES string of the molecule is CC(C)N(C)S(=O)(=O)c1ccc(NC(=O)c2ccc(-c3ccc4c(c3)OCCO4)s2)cc1. The normalized spacial score (nSPS) is 13.4. The molecule has 0 saturated carbocycles. The fourth-order valence-corrected chi connectivity index (χ4v) is 5.42. The second-order valence-electron chi connectivity index (χ2n) is 7.62. The number of nitrogens with zero attached hydrogens (tertiary/aromatic N) is 1. The molecule has 0 bridgehead atoms. The summed E-state index contributed by atoms with van der Waals surface area (Å²) < 4.78 is 37.7. The monoisotopic (exact) mass is 472 g/mol. The fraction of sp³-hybridized carbons (Fsp3) is 0.261. The van der Waals surface area contributed by atoms with E-state index in [0.717, 1.165) is 16.2 Å². The average molecular weight is 473 g/mol. The number of amides is 1. The van der Waals surface area contributed by atoms with E-state index in [9.17, 15) is 13.2 Å². The summed E-state index contributed by atoms with van der Waals surface area (Å²) in [6.45, 7) is 4.68. The number of thiophene rings is 1. The Labute approximate surface area is 191 Å². The van der Waals surface area contributed by atoms with Gasteiger partial charge in [0, 0.05) is 23.7 Å². The van der Waals surface area contributed by atoms with Gasteiger partial charge in [0.25, 0.3) is 5.91 Å². The maximum atomic E-state index is 12.7. The molecule has 1 aromatic heterocycles. The molecule has 1 N–H and O–H groups in total. The second kappa shape index (κ2) is 8.93. The van der Waals surface area contributed by atoms with E-state index in [4.69, 9.17) is 9.47 Å². The minimum Gasteiger partial charge on any atom is -0.486 e. The Morgan fingerprint density at radius 2 is 1.69 bits per heavy atom. The predicted octanol–water partition coefficient (Wildman–Crippen LogP) is 4.47. The highest BCUT2D eigenvalue weighted by Gasteiger charge is 2.23. The summed E-state index contributed by atoms with van der Waals surface area (Å²) in [5.41, 5.74) is 1.47. The molecule has 1 amide bonds. The third-order valence-electron chi connectivity index (χ3n) is 5.17. The van der Waals surface area contributed by atoms with Crippen LogP contribution in [0.4, 0.5) is 5.69 Å². The first kappa shape index (κ1) is 22.3. The van der Waals surface area contributed by atoms with Crippen LogP contribution < -0.4 is 14.8 Å². The first-order valence-corrected chi connectivity index (χ1v) is 12.4. The molecule has 2 aromatic carbocycles. The van der Waals surface area contributed by atoms with Crippen molar-refractivity contribution in [2.75, 3.05) is 25.6 Å². The van der Waals surface area contributed by atoms with Crippen molar-refractivity contribution < 1.29 is 22.7 Å². The number of hydrogen-bond acceptors (Lipinski definition) is 6. The number of carbonyl (C=O) groups excluding carboxylic acids is 1. The minimum atomic E-state index is -3.57. The zero-order chi connectivity index (χ0) is 22.9. The molecule has 0 atom stereocenters. The van der Waals surface area contributed by atoms with Crippen LogP contribution in [0, 0.1) is 0 Å². The number of fused-ring (bicyclic) bond motifs is 1. The Morgan fingerprint density at radius 1 is 1.00 bits per heavy atom. The van der Waals surface area contributed by atoms with Gasteiger partial charge in [0.2, 0.25) is 10.0 Å². The molecule has 32 heavy (non-hydrogen) atoms. The largest absolute Gasteiger partial charge is 0.486 e. The van der Waals surface area contributed by atoms with Crippen LogP contribution in [0.25, 0.3) is 10.4 Å². The zero-order valence-electron chi connectivity index (χ0n) is 18.0. The molecule has 4 rings (SSSR count). The van der Waals surface area contributed by atoms with Crippen LogP contribution in [0.1, 0.15) is 23.5 Å². The van der Waals surface area contributed by atoms with Gasteiger partial charge in [0.05, 0.1) is 9.77 Å². The van der Waals surface area contributed by atoms with Gasteiger partial charge >= 0.3 is 0 Å². The van der Waals surface area contributed by atoms with Gasteiger partial charge in [-0.1, -0.05) is 0 Å². The summed E-state index contributed by atoms with van der Waals surface area (Å²) in [7, 11) is -2.02. The van der Waals surface area contributed by atoms with Crippen LogP contribution in [0.5, 0.6) is 11.5 Å². The van der Waals surface area contributed by atoms with Crippen LogP contribution in [0.15, 0.2) is 59.5 Å². The molecule has 1 aliphatic heterocycles. The van der Waals surface area contributed by atoms with E-state index in [-0.39, 0.29) is 16.8 Å². The smallest absolute Gasteiger partial charge is 0.265 e. The molecular formula is C23H24N2O5S2. The quantitative estimate of drug-likeness (QED) is 0.572. The van der Waals surface area contributed by atoms with E-state index < -0.39 is 10.0 Å². The van der Waals surface area contributed by atoms with Crippen molar-refractivity contribution in [2.45, 2.75) is 24.8 Å². The number of benzene rings is 2. The van der Waals surface area contributed by atoms with Gasteiger partial charge in [-0.2, -0.15) is 4.31 Å². The highest BCUT2D eigenvalue weighted by Crippen LogP contribution is 2.37. The Hall–Kier alpha value is -2.88. The molecule has 168 valence electrons. The lowest BCUT2D eigenvalue weighted by atomic mass is 10.1. The Kier molecular flexibility index (Phi) is 6.23. The molecule has 3 aromatic rings. The summed E-state index contributed by atoms with van der Waals surface area (Å²) in [4.78, 5) is 14.4. The first-order chi connectivity index (χ1) is 15.3. The van der Waals surface area contributed by atoms with Crippen LogP contribution >= 0.6 is 11.3 Å². The van der Waals surface area contributed by atoms with Gasteiger partial charge < -0.3 is 14.8 Å². The van der Waals surface area contributed by atoms with Crippen molar-refractivity contribution in [1.29, 1.82) is 0 Å². The van der Waals surface area contributed by atoms with E-state index in [2.05, 4.69) is 5.32 Å². The van der Waals surface area contributed by atoms with E-state index in [1.165, 1.54) is 27.8 Å². The molecule has 9 heteroatoms. The zero-order valence-corrected chi connectivity index (χ0v) is 19.6. The van der Waals surface area contributed by atoms with Crippen molar-refractivity contribution in [2.24, 2.45) is 0 Å². The molecule has 7 nitrogen and oxygen atoms in total. The van der Waals surface area contributed by atoms with Crippen LogP contribution in [-0.4, -0.2) is 44.9 Å². The summed E-state index contributed by atoms with van der Waals surface area (Å²) in [6.07, 6.45) is 0. The topological polar surface area (TPSA) is 84.9 Å². The number of hydrogen-bond donors (Lipinski definition) is 1. The molecule has 0 aliphatic carbocycles. The van der Waals surface area contributed by atoms with E-state index >= 15 is 0 Å². The maximum Gasteiger partial charge on any atom is 0.265 e. The molecule has 1 aliphatic rings. The number of nitrogens with one attached hydrogen (secondary N) is 1. The molecule has 0 spiro atoms. The first-order valence-electron chi connectivity index (χ1n) is 10.1. The van der Waals surface area contributed by atoms with Gasteiger partial charge in [-0.25, -0.2) is 8.42 Å². The van der Waals surface area contributed by atoms with Gasteiger partial charge in [-0.15, -0.1) is 11.3 Å². The third-order valence-corrected chi connectivity index (χ3v) is 8.35. The lowest BCUT2D eigenvalue weighted by Crippen LogP contribution is -2.33. The molecule has 0 radical (unpaired) electrons. The number of ether oxygens (including phenoxy) is 2.